The molecule has 0 fully saturated rings. The van der Waals surface area contributed by atoms with Crippen molar-refractivity contribution in [3.63, 3.8) is 0 Å². The summed E-state index contributed by atoms with van der Waals surface area (Å²) in [5.41, 5.74) is 2.32. The number of phenols is 1. The number of benzene rings is 2. The molecular formula is C21H17FN4O2S. The maximum Gasteiger partial charge on any atom is 0.226 e. The number of thiophene rings is 1. The molecule has 146 valence electrons. The maximum atomic E-state index is 13.3. The van der Waals surface area contributed by atoms with E-state index in [-0.39, 0.29) is 23.9 Å². The predicted octanol–water partition coefficient (Wildman–Crippen LogP) is 4.64. The smallest absolute Gasteiger partial charge is 0.226 e. The number of fused-ring (bicyclic) bond motifs is 1. The number of aromatic nitrogens is 2. The lowest BCUT2D eigenvalue weighted by molar-refractivity contribution is -0.115. The quantitative estimate of drug-likeness (QED) is 0.433. The summed E-state index contributed by atoms with van der Waals surface area (Å²) in [4.78, 5) is 21.6. The molecule has 3 N–H and O–H groups in total. The molecule has 0 spiro atoms. The zero-order chi connectivity index (χ0) is 20.2. The molecule has 0 aliphatic carbocycles. The molecule has 0 saturated carbocycles. The first kappa shape index (κ1) is 18.8. The van der Waals surface area contributed by atoms with Gasteiger partial charge in [-0.1, -0.05) is 18.2 Å². The van der Waals surface area contributed by atoms with Crippen LogP contribution in [0, 0.1) is 5.82 Å². The van der Waals surface area contributed by atoms with Crippen LogP contribution in [-0.4, -0.2) is 27.5 Å². The van der Waals surface area contributed by atoms with Crippen LogP contribution >= 0.6 is 11.3 Å². The van der Waals surface area contributed by atoms with Gasteiger partial charge in [-0.2, -0.15) is 0 Å². The van der Waals surface area contributed by atoms with Crippen LogP contribution in [0.5, 0.6) is 5.75 Å². The minimum absolute atomic E-state index is 0.0927. The summed E-state index contributed by atoms with van der Waals surface area (Å²) in [6.07, 6.45) is 1.69. The minimum Gasteiger partial charge on any atom is -0.508 e. The summed E-state index contributed by atoms with van der Waals surface area (Å²) in [5.74, 6) is 0.244. The topological polar surface area (TPSA) is 87.1 Å². The van der Waals surface area contributed by atoms with E-state index in [2.05, 4.69) is 20.6 Å². The van der Waals surface area contributed by atoms with Crippen molar-refractivity contribution in [2.45, 2.75) is 6.42 Å². The van der Waals surface area contributed by atoms with Crippen LogP contribution in [-0.2, 0) is 4.79 Å². The third-order valence-electron chi connectivity index (χ3n) is 4.30. The van der Waals surface area contributed by atoms with Crippen molar-refractivity contribution in [3.8, 4) is 16.9 Å². The number of nitrogens with zero attached hydrogens (tertiary/aromatic N) is 2. The number of halogens is 1. The van der Waals surface area contributed by atoms with Crippen LogP contribution in [0.4, 0.5) is 15.9 Å². The number of hydrogen-bond donors (Lipinski definition) is 3. The average molecular weight is 408 g/mol. The molecule has 0 saturated heterocycles. The number of rotatable bonds is 6. The van der Waals surface area contributed by atoms with Crippen molar-refractivity contribution in [2.75, 3.05) is 17.2 Å². The van der Waals surface area contributed by atoms with E-state index in [1.807, 2.05) is 5.38 Å². The molecule has 0 unspecified atom stereocenters. The molecular weight excluding hydrogens is 391 g/mol. The van der Waals surface area contributed by atoms with Crippen LogP contribution in [0.1, 0.15) is 6.42 Å². The van der Waals surface area contributed by atoms with E-state index in [0.717, 1.165) is 21.3 Å². The summed E-state index contributed by atoms with van der Waals surface area (Å²) in [7, 11) is 0. The van der Waals surface area contributed by atoms with Gasteiger partial charge >= 0.3 is 0 Å². The summed E-state index contributed by atoms with van der Waals surface area (Å²) < 4.78 is 13.3. The summed E-state index contributed by atoms with van der Waals surface area (Å²) in [6, 6.07) is 12.7. The highest BCUT2D eigenvalue weighted by Crippen LogP contribution is 2.36. The molecule has 8 heteroatoms. The van der Waals surface area contributed by atoms with Crippen LogP contribution < -0.4 is 10.6 Å². The number of carbonyl (C=O) groups excluding carboxylic acids is 1. The van der Waals surface area contributed by atoms with Gasteiger partial charge in [-0.3, -0.25) is 4.79 Å². The summed E-state index contributed by atoms with van der Waals surface area (Å²) in [6.45, 7) is 0.371. The fourth-order valence-electron chi connectivity index (χ4n) is 2.95. The molecule has 1 amide bonds. The molecule has 4 rings (SSSR count). The molecule has 0 aliphatic rings. The predicted molar refractivity (Wildman–Crippen MR) is 113 cm³/mol. The lowest BCUT2D eigenvalue weighted by Gasteiger charge is -2.09. The van der Waals surface area contributed by atoms with Crippen molar-refractivity contribution in [3.05, 3.63) is 66.1 Å². The number of phenolic OH excluding ortho intramolecular Hbond substituents is 1. The fraction of sp³-hybridized carbons (Fsp3) is 0.0952. The van der Waals surface area contributed by atoms with E-state index in [9.17, 15) is 14.3 Å². The third-order valence-corrected chi connectivity index (χ3v) is 5.19. The summed E-state index contributed by atoms with van der Waals surface area (Å²) >= 11 is 1.48. The lowest BCUT2D eigenvalue weighted by Crippen LogP contribution is -2.16. The van der Waals surface area contributed by atoms with E-state index >= 15 is 0 Å². The van der Waals surface area contributed by atoms with E-state index in [0.29, 0.717) is 18.1 Å². The minimum atomic E-state index is -0.291. The Morgan fingerprint density at radius 3 is 2.76 bits per heavy atom. The Balaban J connectivity index is 1.47. The Morgan fingerprint density at radius 2 is 1.97 bits per heavy atom. The Morgan fingerprint density at radius 1 is 1.14 bits per heavy atom. The van der Waals surface area contributed by atoms with Gasteiger partial charge in [-0.15, -0.1) is 11.3 Å². The molecule has 2 heterocycles. The normalized spacial score (nSPS) is 10.8. The van der Waals surface area contributed by atoms with Crippen molar-refractivity contribution in [1.82, 2.24) is 9.97 Å². The van der Waals surface area contributed by atoms with Gasteiger partial charge in [-0.25, -0.2) is 14.4 Å². The Hall–Kier alpha value is -3.52. The van der Waals surface area contributed by atoms with Crippen LogP contribution in [0.3, 0.4) is 0 Å². The molecule has 4 aromatic rings. The number of hydrogen-bond acceptors (Lipinski definition) is 6. The Kier molecular flexibility index (Phi) is 5.35. The first-order valence-electron chi connectivity index (χ1n) is 8.91. The van der Waals surface area contributed by atoms with Gasteiger partial charge in [0, 0.05) is 35.7 Å². The third kappa shape index (κ3) is 4.33. The van der Waals surface area contributed by atoms with Crippen molar-refractivity contribution in [2.24, 2.45) is 0 Å². The molecule has 0 radical (unpaired) electrons. The van der Waals surface area contributed by atoms with Gasteiger partial charge in [-0.05, 0) is 29.8 Å². The van der Waals surface area contributed by atoms with Crippen molar-refractivity contribution < 1.29 is 14.3 Å². The second kappa shape index (κ2) is 8.24. The van der Waals surface area contributed by atoms with E-state index in [4.69, 9.17) is 0 Å². The van der Waals surface area contributed by atoms with Gasteiger partial charge in [0.2, 0.25) is 5.91 Å². The maximum absolute atomic E-state index is 13.3. The molecule has 29 heavy (non-hydrogen) atoms. The highest BCUT2D eigenvalue weighted by molar-refractivity contribution is 7.17. The second-order valence-corrected chi connectivity index (χ2v) is 7.19. The van der Waals surface area contributed by atoms with E-state index in [1.165, 1.54) is 41.9 Å². The molecule has 2 aromatic heterocycles. The first-order chi connectivity index (χ1) is 14.1. The molecule has 0 bridgehead atoms. The molecule has 2 aromatic carbocycles. The second-order valence-electron chi connectivity index (χ2n) is 6.33. The fourth-order valence-corrected chi connectivity index (χ4v) is 3.87. The zero-order valence-electron chi connectivity index (χ0n) is 15.2. The number of carbonyl (C=O) groups is 1. The van der Waals surface area contributed by atoms with E-state index < -0.39 is 0 Å². The molecule has 0 aliphatic heterocycles. The number of amides is 1. The molecule has 6 nitrogen and oxygen atoms in total. The SMILES string of the molecule is O=C(CCNc1ncnc2scc(-c3ccc(F)cc3)c12)Nc1cccc(O)c1. The monoisotopic (exact) mass is 408 g/mol. The van der Waals surface area contributed by atoms with Crippen LogP contribution in [0.25, 0.3) is 21.3 Å². The van der Waals surface area contributed by atoms with Gasteiger partial charge in [0.25, 0.3) is 0 Å². The standard InChI is InChI=1S/C21H17FN4O2S/c22-14-6-4-13(5-7-14)17-11-29-21-19(17)20(24-12-25-21)23-9-8-18(28)26-15-2-1-3-16(27)10-15/h1-7,10-12,27H,8-9H2,(H,26,28)(H,23,24,25). The highest BCUT2D eigenvalue weighted by atomic mass is 32.1. The van der Waals surface area contributed by atoms with Gasteiger partial charge in [0.15, 0.2) is 0 Å². The van der Waals surface area contributed by atoms with Gasteiger partial charge < -0.3 is 15.7 Å². The number of nitrogens with one attached hydrogen (secondary N) is 2. The van der Waals surface area contributed by atoms with Crippen LogP contribution in [0.15, 0.2) is 60.2 Å². The van der Waals surface area contributed by atoms with Crippen molar-refractivity contribution in [1.29, 1.82) is 0 Å². The van der Waals surface area contributed by atoms with E-state index in [1.54, 1.807) is 24.3 Å². The Labute approximate surface area is 170 Å². The van der Waals surface area contributed by atoms with Crippen LogP contribution in [0.2, 0.25) is 0 Å². The number of anilines is 2. The van der Waals surface area contributed by atoms with Gasteiger partial charge in [0.1, 0.15) is 28.5 Å². The summed E-state index contributed by atoms with van der Waals surface area (Å²) in [5, 5.41) is 18.2. The zero-order valence-corrected chi connectivity index (χ0v) is 16.0. The van der Waals surface area contributed by atoms with Gasteiger partial charge in [0.05, 0.1) is 5.39 Å². The largest absolute Gasteiger partial charge is 0.508 e. The molecule has 0 atom stereocenters. The Bertz CT molecular complexity index is 1160. The first-order valence-corrected chi connectivity index (χ1v) is 9.79. The highest BCUT2D eigenvalue weighted by Gasteiger charge is 2.13. The van der Waals surface area contributed by atoms with Crippen molar-refractivity contribution >= 4 is 39.0 Å². The average Bonchev–Trinajstić information content (AvgIpc) is 3.14. The lowest BCUT2D eigenvalue weighted by atomic mass is 10.1. The number of aromatic hydroxyl groups is 1.